The molecule has 0 aromatic rings. The molecule has 4 unspecified atom stereocenters. The molecule has 14 heteroatoms. The molecule has 1 amide bonds. The van der Waals surface area contributed by atoms with Crippen LogP contribution >= 0.6 is 0 Å². The van der Waals surface area contributed by atoms with E-state index in [9.17, 15) is 45.6 Å². The van der Waals surface area contributed by atoms with Gasteiger partial charge >= 0.3 is 0 Å². The molecule has 2 aliphatic rings. The number of rotatable bonds is 43. The van der Waals surface area contributed by atoms with E-state index in [4.69, 9.17) is 18.9 Å². The van der Waals surface area contributed by atoms with Crippen molar-refractivity contribution in [1.29, 1.82) is 0 Å². The van der Waals surface area contributed by atoms with Gasteiger partial charge in [0.15, 0.2) is 12.6 Å². The summed E-state index contributed by atoms with van der Waals surface area (Å²) in [5, 5.41) is 86.7. The molecule has 2 aliphatic heterocycles. The van der Waals surface area contributed by atoms with Gasteiger partial charge in [-0.3, -0.25) is 4.79 Å². The number of allylic oxidation sites excluding steroid dienone is 1. The third-order valence-electron chi connectivity index (χ3n) is 13.7. The van der Waals surface area contributed by atoms with Crippen LogP contribution in [0, 0.1) is 0 Å². The molecule has 0 saturated carbocycles. The summed E-state index contributed by atoms with van der Waals surface area (Å²) < 4.78 is 22.7. The first kappa shape index (κ1) is 61.8. The minimum Gasteiger partial charge on any atom is -0.394 e. The van der Waals surface area contributed by atoms with E-state index in [1.165, 1.54) is 161 Å². The van der Waals surface area contributed by atoms with Crippen LogP contribution in [0.4, 0.5) is 0 Å². The van der Waals surface area contributed by atoms with E-state index < -0.39 is 86.8 Å². The Balaban J connectivity index is 1.75. The van der Waals surface area contributed by atoms with Gasteiger partial charge in [-0.25, -0.2) is 0 Å². The maximum atomic E-state index is 13.2. The predicted octanol–water partition coefficient (Wildman–Crippen LogP) is 7.94. The molecule has 2 rings (SSSR count). The van der Waals surface area contributed by atoms with Gasteiger partial charge in [0.25, 0.3) is 0 Å². The maximum absolute atomic E-state index is 13.2. The SMILES string of the molecule is CCCCCCCCCCC/C=C/[C@@H](O)[C@H](CO[C@@H]1O[C@H](CO)[C@@H](O[C@@H]2O[C@H](CO)[C@H](O)C(O)C2O)C(O)C1O)NC(=O)CCCCCCCCCCCCCCCCCCCCCCCC. The summed E-state index contributed by atoms with van der Waals surface area (Å²) in [5.74, 6) is -0.237. The molecular formula is C53H101NO13. The number of aliphatic hydroxyl groups excluding tert-OH is 8. The second kappa shape index (κ2) is 40.3. The first-order valence-electron chi connectivity index (χ1n) is 27.4. The van der Waals surface area contributed by atoms with Crippen molar-refractivity contribution in [2.24, 2.45) is 0 Å². The number of carbonyl (C=O) groups excluding carboxylic acids is 1. The summed E-state index contributed by atoms with van der Waals surface area (Å²) in [6, 6.07) is -0.907. The molecule has 67 heavy (non-hydrogen) atoms. The van der Waals surface area contributed by atoms with Gasteiger partial charge in [0.2, 0.25) is 5.91 Å². The summed E-state index contributed by atoms with van der Waals surface area (Å²) in [6.45, 7) is 2.79. The Labute approximate surface area is 406 Å². The van der Waals surface area contributed by atoms with Crippen LogP contribution in [-0.2, 0) is 23.7 Å². The van der Waals surface area contributed by atoms with Crippen molar-refractivity contribution < 1.29 is 64.6 Å². The Bertz CT molecular complexity index is 1180. The third kappa shape index (κ3) is 27.2. The van der Waals surface area contributed by atoms with Gasteiger partial charge in [-0.15, -0.1) is 0 Å². The molecule has 0 radical (unpaired) electrons. The number of unbranched alkanes of at least 4 members (excludes halogenated alkanes) is 30. The van der Waals surface area contributed by atoms with Gasteiger partial charge in [-0.2, -0.15) is 0 Å². The van der Waals surface area contributed by atoms with E-state index >= 15 is 0 Å². The topological polar surface area (TPSA) is 228 Å². The third-order valence-corrected chi connectivity index (χ3v) is 13.7. The molecule has 2 fully saturated rings. The smallest absolute Gasteiger partial charge is 0.220 e. The Kier molecular flexibility index (Phi) is 37.2. The second-order valence-electron chi connectivity index (χ2n) is 19.7. The van der Waals surface area contributed by atoms with Crippen LogP contribution in [0.5, 0.6) is 0 Å². The van der Waals surface area contributed by atoms with E-state index in [0.29, 0.717) is 6.42 Å². The zero-order valence-electron chi connectivity index (χ0n) is 42.2. The van der Waals surface area contributed by atoms with E-state index in [1.54, 1.807) is 6.08 Å². The fraction of sp³-hybridized carbons (Fsp3) is 0.943. The molecule has 12 atom stereocenters. The zero-order valence-corrected chi connectivity index (χ0v) is 42.2. The molecule has 9 N–H and O–H groups in total. The van der Waals surface area contributed by atoms with Crippen LogP contribution in [0.1, 0.15) is 226 Å². The number of hydrogen-bond donors (Lipinski definition) is 9. The predicted molar refractivity (Wildman–Crippen MR) is 263 cm³/mol. The van der Waals surface area contributed by atoms with Gasteiger partial charge in [-0.05, 0) is 19.3 Å². The van der Waals surface area contributed by atoms with Crippen LogP contribution in [-0.4, -0.2) is 140 Å². The van der Waals surface area contributed by atoms with Crippen LogP contribution < -0.4 is 5.32 Å². The van der Waals surface area contributed by atoms with Crippen molar-refractivity contribution in [2.75, 3.05) is 19.8 Å². The van der Waals surface area contributed by atoms with E-state index in [0.717, 1.165) is 38.5 Å². The number of ether oxygens (including phenoxy) is 4. The first-order valence-corrected chi connectivity index (χ1v) is 27.4. The van der Waals surface area contributed by atoms with Gasteiger partial charge < -0.3 is 65.1 Å². The summed E-state index contributed by atoms with van der Waals surface area (Å²) in [5.41, 5.74) is 0. The Morgan fingerprint density at radius 2 is 0.925 bits per heavy atom. The highest BCUT2D eigenvalue weighted by atomic mass is 16.7. The van der Waals surface area contributed by atoms with Crippen molar-refractivity contribution in [2.45, 2.75) is 299 Å². The normalized spacial score (nSPS) is 26.6. The van der Waals surface area contributed by atoms with Crippen LogP contribution in [0.2, 0.25) is 0 Å². The van der Waals surface area contributed by atoms with Crippen molar-refractivity contribution >= 4 is 5.91 Å². The highest BCUT2D eigenvalue weighted by Gasteiger charge is 2.51. The number of aliphatic hydroxyl groups is 8. The minimum atomic E-state index is -1.78. The van der Waals surface area contributed by atoms with Crippen LogP contribution in [0.15, 0.2) is 12.2 Å². The van der Waals surface area contributed by atoms with E-state index in [2.05, 4.69) is 19.2 Å². The summed E-state index contributed by atoms with van der Waals surface area (Å²) in [7, 11) is 0. The average Bonchev–Trinajstić information content (AvgIpc) is 3.32. The van der Waals surface area contributed by atoms with Crippen molar-refractivity contribution in [1.82, 2.24) is 5.32 Å². The molecule has 2 heterocycles. The van der Waals surface area contributed by atoms with Crippen LogP contribution in [0.3, 0.4) is 0 Å². The lowest BCUT2D eigenvalue weighted by molar-refractivity contribution is -0.359. The summed E-state index contributed by atoms with van der Waals surface area (Å²) in [6.07, 6.45) is 26.9. The summed E-state index contributed by atoms with van der Waals surface area (Å²) >= 11 is 0. The minimum absolute atomic E-state index is 0.237. The Morgan fingerprint density at radius 3 is 1.37 bits per heavy atom. The van der Waals surface area contributed by atoms with Gasteiger partial charge in [-0.1, -0.05) is 212 Å². The highest BCUT2D eigenvalue weighted by Crippen LogP contribution is 2.30. The number of nitrogens with one attached hydrogen (secondary N) is 1. The first-order chi connectivity index (χ1) is 32.6. The summed E-state index contributed by atoms with van der Waals surface area (Å²) in [4.78, 5) is 13.2. The van der Waals surface area contributed by atoms with E-state index in [-0.39, 0.29) is 18.9 Å². The number of carbonyl (C=O) groups is 1. The highest BCUT2D eigenvalue weighted by molar-refractivity contribution is 5.76. The fourth-order valence-electron chi connectivity index (χ4n) is 9.23. The van der Waals surface area contributed by atoms with Crippen molar-refractivity contribution in [3.05, 3.63) is 12.2 Å². The van der Waals surface area contributed by atoms with Gasteiger partial charge in [0, 0.05) is 6.42 Å². The quantitative estimate of drug-likeness (QED) is 0.0209. The molecule has 14 nitrogen and oxygen atoms in total. The molecule has 0 aromatic heterocycles. The molecule has 0 aliphatic carbocycles. The van der Waals surface area contributed by atoms with Crippen LogP contribution in [0.25, 0.3) is 0 Å². The number of amides is 1. The Hall–Kier alpha value is -1.27. The molecule has 396 valence electrons. The lowest BCUT2D eigenvalue weighted by atomic mass is 9.97. The lowest BCUT2D eigenvalue weighted by Crippen LogP contribution is -2.65. The van der Waals surface area contributed by atoms with Crippen molar-refractivity contribution in [3.63, 3.8) is 0 Å². The average molecular weight is 960 g/mol. The molecule has 0 spiro atoms. The van der Waals surface area contributed by atoms with Gasteiger partial charge in [0.1, 0.15) is 48.8 Å². The fourth-order valence-corrected chi connectivity index (χ4v) is 9.23. The van der Waals surface area contributed by atoms with E-state index in [1.807, 2.05) is 6.08 Å². The monoisotopic (exact) mass is 960 g/mol. The molecule has 0 bridgehead atoms. The number of hydrogen-bond acceptors (Lipinski definition) is 13. The lowest BCUT2D eigenvalue weighted by Gasteiger charge is -2.46. The van der Waals surface area contributed by atoms with Gasteiger partial charge in [0.05, 0.1) is 32.0 Å². The largest absolute Gasteiger partial charge is 0.394 e. The second-order valence-corrected chi connectivity index (χ2v) is 19.7. The molecular weight excluding hydrogens is 859 g/mol. The van der Waals surface area contributed by atoms with Crippen molar-refractivity contribution in [3.8, 4) is 0 Å². The molecule has 2 saturated heterocycles. The standard InChI is InChI=1S/C53H101NO13/c1-3-5-7-9-11-13-15-16-17-18-19-20-21-22-23-24-25-27-29-31-33-35-37-45(58)54-41(42(57)36-34-32-30-28-26-14-12-10-8-6-4-2)40-64-52-50(63)48(61)51(44(39-56)66-52)67-53-49(62)47(60)46(59)43(38-55)65-53/h34,36,41-44,46-53,55-57,59-63H,3-33,35,37-40H2,1-2H3,(H,54,58)/b36-34+/t41-,42+,43+,44+,46-,47?,48?,49?,50?,51+,52+,53-/m0/s1. The zero-order chi connectivity index (χ0) is 48.9. The molecule has 0 aromatic carbocycles. The Morgan fingerprint density at radius 1 is 0.522 bits per heavy atom. The maximum Gasteiger partial charge on any atom is 0.220 e.